The fraction of sp³-hybridized carbons (Fsp3) is 0.643. The molecule has 19 heavy (non-hydrogen) atoms. The molecule has 0 saturated carbocycles. The van der Waals surface area contributed by atoms with Gasteiger partial charge >= 0.3 is 7.12 Å². The van der Waals surface area contributed by atoms with Crippen molar-refractivity contribution in [2.45, 2.75) is 58.8 Å². The average Bonchev–Trinajstić information content (AvgIpc) is 2.51. The Morgan fingerprint density at radius 1 is 1.16 bits per heavy atom. The zero-order valence-corrected chi connectivity index (χ0v) is 12.4. The first-order valence-electron chi connectivity index (χ1n) is 6.83. The van der Waals surface area contributed by atoms with Gasteiger partial charge in [0, 0.05) is 18.8 Å². The third kappa shape index (κ3) is 2.62. The first-order chi connectivity index (χ1) is 8.77. The molecular formula is C14H22BNO3. The Kier molecular flexibility index (Phi) is 3.62. The van der Waals surface area contributed by atoms with E-state index in [1.807, 2.05) is 40.8 Å². The zero-order valence-electron chi connectivity index (χ0n) is 12.4. The van der Waals surface area contributed by atoms with Crippen LogP contribution in [0, 0.1) is 0 Å². The van der Waals surface area contributed by atoms with E-state index in [0.717, 1.165) is 11.9 Å². The van der Waals surface area contributed by atoms with Gasteiger partial charge in [0.1, 0.15) is 0 Å². The highest BCUT2D eigenvalue weighted by molar-refractivity contribution is 6.62. The van der Waals surface area contributed by atoms with Crippen LogP contribution < -0.4 is 11.0 Å². The highest BCUT2D eigenvalue weighted by atomic mass is 16.7. The number of aromatic nitrogens is 1. The highest BCUT2D eigenvalue weighted by Gasteiger charge is 2.51. The van der Waals surface area contributed by atoms with Crippen molar-refractivity contribution in [2.24, 2.45) is 0 Å². The number of hydrogen-bond acceptors (Lipinski definition) is 3. The first-order valence-corrected chi connectivity index (χ1v) is 6.83. The fourth-order valence-corrected chi connectivity index (χ4v) is 2.08. The smallest absolute Gasteiger partial charge is 0.399 e. The Hall–Kier alpha value is -1.07. The van der Waals surface area contributed by atoms with Crippen LogP contribution >= 0.6 is 0 Å². The number of rotatable bonds is 3. The molecule has 0 atom stereocenters. The Bertz CT molecular complexity index is 506. The Labute approximate surface area is 114 Å². The molecule has 1 aliphatic rings. The van der Waals surface area contributed by atoms with Crippen molar-refractivity contribution in [1.29, 1.82) is 0 Å². The maximum absolute atomic E-state index is 11.7. The van der Waals surface area contributed by atoms with Crippen molar-refractivity contribution in [3.63, 3.8) is 0 Å². The van der Waals surface area contributed by atoms with Crippen molar-refractivity contribution >= 4 is 12.6 Å². The lowest BCUT2D eigenvalue weighted by Crippen LogP contribution is -2.41. The summed E-state index contributed by atoms with van der Waals surface area (Å²) in [6.07, 6.45) is 2.76. The van der Waals surface area contributed by atoms with E-state index < -0.39 is 7.12 Å². The molecule has 0 spiro atoms. The second-order valence-electron chi connectivity index (χ2n) is 6.08. The second-order valence-corrected chi connectivity index (χ2v) is 6.08. The van der Waals surface area contributed by atoms with Crippen molar-refractivity contribution in [3.05, 3.63) is 28.7 Å². The third-order valence-electron chi connectivity index (χ3n) is 4.00. The van der Waals surface area contributed by atoms with Gasteiger partial charge in [0.2, 0.25) is 5.56 Å². The van der Waals surface area contributed by atoms with Gasteiger partial charge in [0.05, 0.1) is 11.2 Å². The Morgan fingerprint density at radius 3 is 2.26 bits per heavy atom. The SMILES string of the molecule is CCCn1cc(B2OC(C)(C)C(C)(C)O2)ccc1=O. The van der Waals surface area contributed by atoms with E-state index >= 15 is 0 Å². The standard InChI is InChI=1S/C14H22BNO3/c1-6-9-16-10-11(7-8-12(16)17)15-18-13(2,3)14(4,5)19-15/h7-8,10H,6,9H2,1-5H3. The number of pyridine rings is 1. The molecule has 0 unspecified atom stereocenters. The van der Waals surface area contributed by atoms with Gasteiger partial charge in [0.25, 0.3) is 0 Å². The molecule has 0 amide bonds. The van der Waals surface area contributed by atoms with E-state index in [9.17, 15) is 4.79 Å². The number of aryl methyl sites for hydroxylation is 1. The molecule has 1 aliphatic heterocycles. The minimum Gasteiger partial charge on any atom is -0.399 e. The van der Waals surface area contributed by atoms with Crippen LogP contribution in [-0.4, -0.2) is 22.9 Å². The zero-order chi connectivity index (χ0) is 14.3. The lowest BCUT2D eigenvalue weighted by molar-refractivity contribution is 0.00578. The fourth-order valence-electron chi connectivity index (χ4n) is 2.08. The monoisotopic (exact) mass is 263 g/mol. The quantitative estimate of drug-likeness (QED) is 0.777. The van der Waals surface area contributed by atoms with E-state index in [0.29, 0.717) is 6.54 Å². The van der Waals surface area contributed by atoms with E-state index in [4.69, 9.17) is 9.31 Å². The Balaban J connectivity index is 2.30. The van der Waals surface area contributed by atoms with Gasteiger partial charge in [-0.1, -0.05) is 13.0 Å². The number of hydrogen-bond donors (Lipinski definition) is 0. The van der Waals surface area contributed by atoms with Crippen LogP contribution in [0.2, 0.25) is 0 Å². The largest absolute Gasteiger partial charge is 0.496 e. The summed E-state index contributed by atoms with van der Waals surface area (Å²) in [5.74, 6) is 0. The highest BCUT2D eigenvalue weighted by Crippen LogP contribution is 2.36. The molecule has 0 bridgehead atoms. The molecule has 0 N–H and O–H groups in total. The molecule has 1 fully saturated rings. The summed E-state index contributed by atoms with van der Waals surface area (Å²) in [6, 6.07) is 3.37. The average molecular weight is 263 g/mol. The summed E-state index contributed by atoms with van der Waals surface area (Å²) in [7, 11) is -0.409. The molecule has 0 aliphatic carbocycles. The van der Waals surface area contributed by atoms with E-state index in [1.165, 1.54) is 0 Å². The second kappa shape index (κ2) is 4.80. The number of nitrogens with zero attached hydrogens (tertiary/aromatic N) is 1. The summed E-state index contributed by atoms with van der Waals surface area (Å²) in [4.78, 5) is 11.7. The molecule has 1 aromatic rings. The van der Waals surface area contributed by atoms with Gasteiger partial charge in [-0.25, -0.2) is 0 Å². The molecule has 2 heterocycles. The minimum atomic E-state index is -0.409. The van der Waals surface area contributed by atoms with Crippen LogP contribution in [0.15, 0.2) is 23.1 Å². The van der Waals surface area contributed by atoms with Crippen LogP contribution in [0.5, 0.6) is 0 Å². The normalized spacial score (nSPS) is 20.8. The molecule has 1 saturated heterocycles. The topological polar surface area (TPSA) is 40.5 Å². The van der Waals surface area contributed by atoms with Crippen LogP contribution in [-0.2, 0) is 15.9 Å². The molecule has 5 heteroatoms. The van der Waals surface area contributed by atoms with E-state index in [2.05, 4.69) is 0 Å². The molecular weight excluding hydrogens is 241 g/mol. The lowest BCUT2D eigenvalue weighted by Gasteiger charge is -2.32. The summed E-state index contributed by atoms with van der Waals surface area (Å²) in [5, 5.41) is 0. The molecule has 104 valence electrons. The summed E-state index contributed by atoms with van der Waals surface area (Å²) >= 11 is 0. The van der Waals surface area contributed by atoms with E-state index in [1.54, 1.807) is 16.7 Å². The maximum atomic E-state index is 11.7. The van der Waals surface area contributed by atoms with Crippen molar-refractivity contribution < 1.29 is 9.31 Å². The van der Waals surface area contributed by atoms with Crippen LogP contribution in [0.4, 0.5) is 0 Å². The molecule has 1 aromatic heterocycles. The summed E-state index contributed by atoms with van der Waals surface area (Å²) in [6.45, 7) is 10.9. The molecule has 0 aromatic carbocycles. The van der Waals surface area contributed by atoms with Gasteiger partial charge < -0.3 is 13.9 Å². The molecule has 4 nitrogen and oxygen atoms in total. The minimum absolute atomic E-state index is 0.0158. The van der Waals surface area contributed by atoms with Crippen LogP contribution in [0.1, 0.15) is 41.0 Å². The lowest BCUT2D eigenvalue weighted by atomic mass is 9.80. The summed E-state index contributed by atoms with van der Waals surface area (Å²) in [5.41, 5.74) is 0.195. The van der Waals surface area contributed by atoms with Gasteiger partial charge in [-0.3, -0.25) is 4.79 Å². The van der Waals surface area contributed by atoms with Gasteiger partial charge in [-0.2, -0.15) is 0 Å². The van der Waals surface area contributed by atoms with Crippen molar-refractivity contribution in [3.8, 4) is 0 Å². The van der Waals surface area contributed by atoms with E-state index in [-0.39, 0.29) is 16.8 Å². The van der Waals surface area contributed by atoms with Gasteiger partial charge in [-0.15, -0.1) is 0 Å². The molecule has 0 radical (unpaired) electrons. The van der Waals surface area contributed by atoms with Crippen molar-refractivity contribution in [2.75, 3.05) is 0 Å². The van der Waals surface area contributed by atoms with Crippen LogP contribution in [0.3, 0.4) is 0 Å². The predicted molar refractivity (Wildman–Crippen MR) is 76.7 cm³/mol. The van der Waals surface area contributed by atoms with Gasteiger partial charge in [-0.05, 0) is 39.6 Å². The first kappa shape index (κ1) is 14.3. The van der Waals surface area contributed by atoms with Crippen LogP contribution in [0.25, 0.3) is 0 Å². The summed E-state index contributed by atoms with van der Waals surface area (Å²) < 4.78 is 13.7. The van der Waals surface area contributed by atoms with Crippen molar-refractivity contribution in [1.82, 2.24) is 4.57 Å². The maximum Gasteiger partial charge on any atom is 0.496 e. The third-order valence-corrected chi connectivity index (χ3v) is 4.00. The molecule has 2 rings (SSSR count). The predicted octanol–water partition coefficient (Wildman–Crippen LogP) is 1.56. The van der Waals surface area contributed by atoms with Gasteiger partial charge in [0.15, 0.2) is 0 Å². The Morgan fingerprint density at radius 2 is 1.74 bits per heavy atom.